The van der Waals surface area contributed by atoms with Gasteiger partial charge in [0.1, 0.15) is 36.9 Å². The lowest BCUT2D eigenvalue weighted by Gasteiger charge is -2.51. The average Bonchev–Trinajstić information content (AvgIpc) is 3.42. The number of rotatable bonds is 21. The van der Waals surface area contributed by atoms with Crippen LogP contribution in [0.4, 0.5) is 4.79 Å². The third-order valence-corrected chi connectivity index (χ3v) is 12.3. The first kappa shape index (κ1) is 52.1. The van der Waals surface area contributed by atoms with E-state index in [1.165, 1.54) is 0 Å². The van der Waals surface area contributed by atoms with Crippen molar-refractivity contribution in [2.75, 3.05) is 25.6 Å². The van der Waals surface area contributed by atoms with Gasteiger partial charge in [-0.05, 0) is 61.6 Å². The summed E-state index contributed by atoms with van der Waals surface area (Å²) in [6.07, 6.45) is -11.3. The van der Waals surface area contributed by atoms with Crippen LogP contribution in [0, 0.1) is 0 Å². The second-order valence-electron chi connectivity index (χ2n) is 17.3. The number of ether oxygens (including phenoxy) is 11. The fraction of sp³-hybridized carbons (Fsp3) is 0.382. The van der Waals surface area contributed by atoms with Gasteiger partial charge in [-0.3, -0.25) is 4.79 Å². The summed E-state index contributed by atoms with van der Waals surface area (Å²) in [6, 6.07) is 44.8. The fourth-order valence-electron chi connectivity index (χ4n) is 8.50. The van der Waals surface area contributed by atoms with Gasteiger partial charge < -0.3 is 57.4 Å². The number of esters is 3. The molecule has 3 saturated heterocycles. The number of alkyl carbamates (subject to hydrolysis) is 1. The number of carbonyl (C=O) groups is 4. The second kappa shape index (κ2) is 26.5. The van der Waals surface area contributed by atoms with Gasteiger partial charge in [0.25, 0.3) is 0 Å². The number of hydrogen-bond acceptors (Lipinski definition) is 15. The summed E-state index contributed by atoms with van der Waals surface area (Å²) < 4.78 is 70.2. The highest BCUT2D eigenvalue weighted by molar-refractivity contribution is 6.26. The van der Waals surface area contributed by atoms with Crippen molar-refractivity contribution < 1.29 is 71.3 Å². The molecule has 3 heterocycles. The largest absolute Gasteiger partial charge is 0.455 e. The Morgan fingerprint density at radius 3 is 1.79 bits per heavy atom. The zero-order valence-corrected chi connectivity index (χ0v) is 40.4. The maximum atomic E-state index is 14.1. The highest BCUT2D eigenvalue weighted by Crippen LogP contribution is 2.40. The quantitative estimate of drug-likeness (QED) is 0.0321. The molecule has 16 nitrogen and oxygen atoms in total. The van der Waals surface area contributed by atoms with E-state index >= 15 is 0 Å². The number of alkyl halides is 1. The lowest BCUT2D eigenvalue weighted by Crippen LogP contribution is -2.67. The molecular weight excluding hydrogens is 950 g/mol. The lowest BCUT2D eigenvalue weighted by atomic mass is 9.95. The number of amides is 1. The molecule has 72 heavy (non-hydrogen) atoms. The number of unbranched alkanes of at least 4 members (excludes halogenated alkanes) is 2. The van der Waals surface area contributed by atoms with Crippen LogP contribution in [0.5, 0.6) is 0 Å². The Kier molecular flexibility index (Phi) is 19.2. The normalized spacial score (nSPS) is 25.8. The molecule has 5 aromatic carbocycles. The minimum absolute atomic E-state index is 0.0590. The SMILES string of the molecule is C[C@@H]1O[C@@H](O[C@@H]2[C@@H](OCc3ccccc3)[C@H](OCCCCCNC(=O)OCc3ccccc3)O[C@@H]3COC(c4ccccc4)O[C@@H]23)[C@H](OC(=O)c2ccccc2)[C@H](OC(=O)c2ccccc2)[C@H]1OC(=O)CCl. The van der Waals surface area contributed by atoms with E-state index < -0.39 is 97.6 Å². The molecule has 0 bridgehead atoms. The minimum atomic E-state index is -1.57. The van der Waals surface area contributed by atoms with Gasteiger partial charge in [0.15, 0.2) is 37.2 Å². The molecule has 1 amide bonds. The minimum Gasteiger partial charge on any atom is -0.455 e. The standard InChI is InChI=1S/C55H58ClNO15/c1-36-44(68-43(58)32-56)46(69-50(59)39-24-12-4-13-25-39)49(70-51(60)40-26-14-5-15-27-40)54(66-36)72-47-45-42(35-64-52(71-45)41-28-16-6-17-29-41)67-53(48(47)63-33-37-20-8-2-9-21-37)62-31-19-7-18-30-57-55(61)65-34-38-22-10-3-11-23-38/h2-6,8-17,20-29,36,42,44-49,52-54H,7,18-19,30-35H2,1H3,(H,57,61)/t36-,42+,44-,45+,46+,47-,48+,49+,52?,53+,54-/m0/s1. The molecule has 3 fully saturated rings. The molecule has 17 heteroatoms. The molecule has 1 N–H and O–H groups in total. The fourth-order valence-corrected chi connectivity index (χ4v) is 8.56. The summed E-state index contributed by atoms with van der Waals surface area (Å²) in [7, 11) is 0. The van der Waals surface area contributed by atoms with Crippen molar-refractivity contribution in [2.24, 2.45) is 0 Å². The van der Waals surface area contributed by atoms with Crippen LogP contribution >= 0.6 is 11.6 Å². The summed E-state index contributed by atoms with van der Waals surface area (Å²) in [4.78, 5) is 53.3. The first-order chi connectivity index (χ1) is 35.2. The molecule has 1 unspecified atom stereocenters. The van der Waals surface area contributed by atoms with Gasteiger partial charge in [0.05, 0.1) is 30.4 Å². The first-order valence-corrected chi connectivity index (χ1v) is 24.5. The number of nitrogens with one attached hydrogen (secondary N) is 1. The molecule has 5 aromatic rings. The van der Waals surface area contributed by atoms with Crippen molar-refractivity contribution in [2.45, 2.75) is 107 Å². The van der Waals surface area contributed by atoms with Gasteiger partial charge in [-0.2, -0.15) is 0 Å². The van der Waals surface area contributed by atoms with Gasteiger partial charge in [-0.1, -0.05) is 127 Å². The summed E-state index contributed by atoms with van der Waals surface area (Å²) in [6.45, 7) is 2.57. The van der Waals surface area contributed by atoms with Gasteiger partial charge in [-0.15, -0.1) is 11.6 Å². The predicted molar refractivity (Wildman–Crippen MR) is 259 cm³/mol. The molecule has 11 atom stereocenters. The molecule has 0 spiro atoms. The molecule has 380 valence electrons. The Morgan fingerprint density at radius 2 is 1.17 bits per heavy atom. The molecule has 0 saturated carbocycles. The van der Waals surface area contributed by atoms with E-state index in [9.17, 15) is 19.2 Å². The third kappa shape index (κ3) is 14.3. The molecule has 0 aromatic heterocycles. The summed E-state index contributed by atoms with van der Waals surface area (Å²) >= 11 is 5.94. The first-order valence-electron chi connectivity index (χ1n) is 24.0. The smallest absolute Gasteiger partial charge is 0.407 e. The molecule has 0 radical (unpaired) electrons. The molecule has 3 aliphatic rings. The number of fused-ring (bicyclic) bond motifs is 1. The molecule has 8 rings (SSSR count). The van der Waals surface area contributed by atoms with E-state index in [0.717, 1.165) is 16.7 Å². The van der Waals surface area contributed by atoms with Crippen molar-refractivity contribution in [3.63, 3.8) is 0 Å². The van der Waals surface area contributed by atoms with E-state index in [-0.39, 0.29) is 37.6 Å². The van der Waals surface area contributed by atoms with Crippen LogP contribution in [0.2, 0.25) is 0 Å². The van der Waals surface area contributed by atoms with E-state index in [1.54, 1.807) is 67.6 Å². The maximum Gasteiger partial charge on any atom is 0.407 e. The Balaban J connectivity index is 1.08. The Labute approximate surface area is 423 Å². The number of carbonyl (C=O) groups excluding carboxylic acids is 4. The van der Waals surface area contributed by atoms with Crippen LogP contribution in [-0.4, -0.2) is 111 Å². The summed E-state index contributed by atoms with van der Waals surface area (Å²) in [5, 5.41) is 2.80. The highest BCUT2D eigenvalue weighted by atomic mass is 35.5. The van der Waals surface area contributed by atoms with Crippen LogP contribution in [0.3, 0.4) is 0 Å². The van der Waals surface area contributed by atoms with Crippen molar-refractivity contribution in [1.29, 1.82) is 0 Å². The van der Waals surface area contributed by atoms with E-state index in [0.29, 0.717) is 25.8 Å². The highest BCUT2D eigenvalue weighted by Gasteiger charge is 2.57. The van der Waals surface area contributed by atoms with Crippen molar-refractivity contribution in [1.82, 2.24) is 5.32 Å². The van der Waals surface area contributed by atoms with Gasteiger partial charge in [0, 0.05) is 18.7 Å². The van der Waals surface area contributed by atoms with Crippen molar-refractivity contribution in [3.05, 3.63) is 179 Å². The Morgan fingerprint density at radius 1 is 0.583 bits per heavy atom. The molecule has 3 aliphatic heterocycles. The van der Waals surface area contributed by atoms with Crippen LogP contribution in [0.15, 0.2) is 152 Å². The van der Waals surface area contributed by atoms with Crippen LogP contribution in [-0.2, 0) is 70.1 Å². The zero-order chi connectivity index (χ0) is 50.1. The number of hydrogen-bond donors (Lipinski definition) is 1. The molecular formula is C55H58ClNO15. The van der Waals surface area contributed by atoms with Crippen molar-refractivity contribution >= 4 is 35.6 Å². The van der Waals surface area contributed by atoms with E-state index in [2.05, 4.69) is 5.32 Å². The number of halogens is 1. The Bertz CT molecular complexity index is 2460. The third-order valence-electron chi connectivity index (χ3n) is 12.1. The number of benzene rings is 5. The van der Waals surface area contributed by atoms with Crippen LogP contribution < -0.4 is 5.32 Å². The van der Waals surface area contributed by atoms with Crippen LogP contribution in [0.1, 0.15) is 69.9 Å². The lowest BCUT2D eigenvalue weighted by molar-refractivity contribution is -0.395. The second-order valence-corrected chi connectivity index (χ2v) is 17.5. The van der Waals surface area contributed by atoms with Crippen LogP contribution in [0.25, 0.3) is 0 Å². The van der Waals surface area contributed by atoms with E-state index in [4.69, 9.17) is 63.7 Å². The predicted octanol–water partition coefficient (Wildman–Crippen LogP) is 8.26. The van der Waals surface area contributed by atoms with Gasteiger partial charge >= 0.3 is 24.0 Å². The summed E-state index contributed by atoms with van der Waals surface area (Å²) in [5.41, 5.74) is 2.84. The molecule has 0 aliphatic carbocycles. The monoisotopic (exact) mass is 1010 g/mol. The van der Waals surface area contributed by atoms with Gasteiger partial charge in [-0.25, -0.2) is 14.4 Å². The topological polar surface area (TPSA) is 182 Å². The van der Waals surface area contributed by atoms with Gasteiger partial charge in [0.2, 0.25) is 0 Å². The van der Waals surface area contributed by atoms with Crippen molar-refractivity contribution in [3.8, 4) is 0 Å². The summed E-state index contributed by atoms with van der Waals surface area (Å²) in [5.74, 6) is -2.94. The Hall–Kier alpha value is -6.21. The average molecular weight is 1010 g/mol. The maximum absolute atomic E-state index is 14.1. The zero-order valence-electron chi connectivity index (χ0n) is 39.7. The van der Waals surface area contributed by atoms with E-state index in [1.807, 2.05) is 91.0 Å².